The van der Waals surface area contributed by atoms with Crippen LogP contribution in [-0.2, 0) is 38.1 Å². The summed E-state index contributed by atoms with van der Waals surface area (Å²) in [5.74, 6) is -3.42. The van der Waals surface area contributed by atoms with Gasteiger partial charge in [0.2, 0.25) is 0 Å². The molecule has 0 spiro atoms. The summed E-state index contributed by atoms with van der Waals surface area (Å²) >= 11 is 0. The minimum absolute atomic E-state index is 0.303. The van der Waals surface area contributed by atoms with Crippen molar-refractivity contribution in [1.29, 1.82) is 0 Å². The van der Waals surface area contributed by atoms with Gasteiger partial charge in [0.25, 0.3) is 0 Å². The summed E-state index contributed by atoms with van der Waals surface area (Å²) in [4.78, 5) is 46.7. The Bertz CT molecular complexity index is 879. The zero-order chi connectivity index (χ0) is 24.2. The summed E-state index contributed by atoms with van der Waals surface area (Å²) in [6.07, 6.45) is -5.00. The minimum Gasteiger partial charge on any atom is -0.496 e. The second-order valence-electron chi connectivity index (χ2n) is 7.55. The van der Waals surface area contributed by atoms with Gasteiger partial charge in [-0.25, -0.2) is 0 Å². The van der Waals surface area contributed by atoms with Crippen LogP contribution in [-0.4, -0.2) is 60.5 Å². The van der Waals surface area contributed by atoms with E-state index in [1.807, 2.05) is 0 Å². The van der Waals surface area contributed by atoms with Crippen LogP contribution in [0.1, 0.15) is 57.8 Å². The lowest BCUT2D eigenvalue weighted by Gasteiger charge is -2.44. The van der Waals surface area contributed by atoms with Crippen molar-refractivity contribution in [2.45, 2.75) is 71.1 Å². The molecule has 1 fully saturated rings. The number of benzene rings is 1. The molecule has 1 aromatic carbocycles. The average Bonchev–Trinajstić information content (AvgIpc) is 2.70. The van der Waals surface area contributed by atoms with E-state index in [1.54, 1.807) is 25.1 Å². The van der Waals surface area contributed by atoms with Crippen LogP contribution in [0.4, 0.5) is 0 Å². The molecule has 0 aromatic heterocycles. The van der Waals surface area contributed by atoms with E-state index in [4.69, 9.17) is 23.7 Å². The molecule has 0 aliphatic carbocycles. The van der Waals surface area contributed by atoms with Crippen molar-refractivity contribution in [2.75, 3.05) is 7.11 Å². The van der Waals surface area contributed by atoms with Crippen LogP contribution >= 0.6 is 0 Å². The summed E-state index contributed by atoms with van der Waals surface area (Å²) in [5.41, 5.74) is 0.950. The van der Waals surface area contributed by atoms with Crippen molar-refractivity contribution in [1.82, 2.24) is 0 Å². The second kappa shape index (κ2) is 10.4. The molecule has 2 rings (SSSR count). The molecular formula is C22H28O10. The number of hydrogen-bond acceptors (Lipinski definition) is 9. The van der Waals surface area contributed by atoms with Gasteiger partial charge >= 0.3 is 23.9 Å². The Morgan fingerprint density at radius 1 is 0.938 bits per heavy atom. The number of ether oxygens (including phenoxy) is 5. The SMILES string of the molecule is COc1cc(C(C)C(=O)O)ccc1C1O[C@@H](C)[C@@H](OC(C)=O)[C@@H](OC(C)=O)[C@@H]1OC(C)=O. The number of carboxylic acid groups (broad SMARTS) is 1. The molecule has 176 valence electrons. The highest BCUT2D eigenvalue weighted by Gasteiger charge is 2.51. The molecule has 1 aliphatic rings. The van der Waals surface area contributed by atoms with Crippen LogP contribution in [0.3, 0.4) is 0 Å². The number of esters is 3. The molecule has 10 nitrogen and oxygen atoms in total. The van der Waals surface area contributed by atoms with Gasteiger partial charge in [0.05, 0.1) is 19.1 Å². The Balaban J connectivity index is 2.57. The summed E-state index contributed by atoms with van der Waals surface area (Å²) < 4.78 is 27.7. The molecule has 1 heterocycles. The summed E-state index contributed by atoms with van der Waals surface area (Å²) in [5, 5.41) is 9.30. The van der Waals surface area contributed by atoms with E-state index in [0.717, 1.165) is 0 Å². The maximum Gasteiger partial charge on any atom is 0.310 e. The van der Waals surface area contributed by atoms with Crippen LogP contribution < -0.4 is 4.74 Å². The highest BCUT2D eigenvalue weighted by Crippen LogP contribution is 2.41. The number of aliphatic carboxylic acids is 1. The van der Waals surface area contributed by atoms with Crippen molar-refractivity contribution in [3.63, 3.8) is 0 Å². The number of rotatable bonds is 7. The molecule has 6 atom stereocenters. The lowest BCUT2D eigenvalue weighted by atomic mass is 9.89. The monoisotopic (exact) mass is 452 g/mol. The summed E-state index contributed by atoms with van der Waals surface area (Å²) in [6, 6.07) is 4.78. The molecule has 10 heteroatoms. The first-order chi connectivity index (χ1) is 15.0. The van der Waals surface area contributed by atoms with Gasteiger partial charge in [-0.2, -0.15) is 0 Å². The molecule has 0 saturated carbocycles. The summed E-state index contributed by atoms with van der Waals surface area (Å²) in [7, 11) is 1.41. The third-order valence-electron chi connectivity index (χ3n) is 5.11. The molecule has 32 heavy (non-hydrogen) atoms. The van der Waals surface area contributed by atoms with Crippen LogP contribution in [0.25, 0.3) is 0 Å². The lowest BCUT2D eigenvalue weighted by molar-refractivity contribution is -0.245. The van der Waals surface area contributed by atoms with Crippen molar-refractivity contribution in [2.24, 2.45) is 0 Å². The fourth-order valence-corrected chi connectivity index (χ4v) is 3.64. The van der Waals surface area contributed by atoms with E-state index >= 15 is 0 Å². The van der Waals surface area contributed by atoms with Crippen molar-refractivity contribution < 1.29 is 48.0 Å². The van der Waals surface area contributed by atoms with E-state index in [0.29, 0.717) is 16.9 Å². The van der Waals surface area contributed by atoms with Gasteiger partial charge in [-0.1, -0.05) is 12.1 Å². The van der Waals surface area contributed by atoms with Crippen LogP contribution in [0.5, 0.6) is 5.75 Å². The zero-order valence-electron chi connectivity index (χ0n) is 18.8. The fourth-order valence-electron chi connectivity index (χ4n) is 3.64. The normalized spacial score (nSPS) is 25.9. The van der Waals surface area contributed by atoms with Crippen LogP contribution in [0.2, 0.25) is 0 Å². The third-order valence-corrected chi connectivity index (χ3v) is 5.11. The maximum absolute atomic E-state index is 11.9. The molecule has 2 unspecified atom stereocenters. The molecule has 1 aliphatic heterocycles. The Hall–Kier alpha value is -3.14. The van der Waals surface area contributed by atoms with Crippen LogP contribution in [0.15, 0.2) is 18.2 Å². The quantitative estimate of drug-likeness (QED) is 0.484. The predicted octanol–water partition coefficient (Wildman–Crippen LogP) is 2.14. The molecule has 0 bridgehead atoms. The van der Waals surface area contributed by atoms with E-state index < -0.39 is 60.3 Å². The van der Waals surface area contributed by atoms with Crippen molar-refractivity contribution >= 4 is 23.9 Å². The number of carboxylic acids is 1. The Morgan fingerprint density at radius 3 is 1.97 bits per heavy atom. The van der Waals surface area contributed by atoms with Gasteiger partial charge in [-0.05, 0) is 25.5 Å². The first-order valence-electron chi connectivity index (χ1n) is 10.0. The topological polar surface area (TPSA) is 135 Å². The van der Waals surface area contributed by atoms with Gasteiger partial charge in [0.1, 0.15) is 11.9 Å². The van der Waals surface area contributed by atoms with E-state index in [1.165, 1.54) is 34.8 Å². The standard InChI is InChI=1S/C22H28O10/c1-10(22(26)27)15-7-8-16(17(9-15)28-6)19-21(32-14(5)25)20(31-13(4)24)18(11(2)29-19)30-12(3)23/h7-11,18-21H,1-6H3,(H,26,27)/t10?,11-,18+,19?,20+,21+/m0/s1. The Morgan fingerprint density at radius 2 is 1.47 bits per heavy atom. The average molecular weight is 452 g/mol. The zero-order valence-corrected chi connectivity index (χ0v) is 18.8. The molecule has 1 aromatic rings. The molecule has 1 N–H and O–H groups in total. The highest BCUT2D eigenvalue weighted by atomic mass is 16.6. The van der Waals surface area contributed by atoms with Gasteiger partial charge in [-0.15, -0.1) is 0 Å². The molecule has 0 amide bonds. The van der Waals surface area contributed by atoms with Gasteiger partial charge in [-0.3, -0.25) is 19.2 Å². The van der Waals surface area contributed by atoms with E-state index in [9.17, 15) is 24.3 Å². The molecule has 1 saturated heterocycles. The van der Waals surface area contributed by atoms with Gasteiger partial charge in [0.15, 0.2) is 18.3 Å². The number of carbonyl (C=O) groups excluding carboxylic acids is 3. The fraction of sp³-hybridized carbons (Fsp3) is 0.545. The first-order valence-corrected chi connectivity index (χ1v) is 10.0. The van der Waals surface area contributed by atoms with E-state index in [-0.39, 0.29) is 0 Å². The predicted molar refractivity (Wildman–Crippen MR) is 109 cm³/mol. The van der Waals surface area contributed by atoms with Gasteiger partial charge < -0.3 is 28.8 Å². The number of hydrogen-bond donors (Lipinski definition) is 1. The van der Waals surface area contributed by atoms with Crippen molar-refractivity contribution in [3.8, 4) is 5.75 Å². The van der Waals surface area contributed by atoms with Gasteiger partial charge in [0, 0.05) is 26.3 Å². The Kier molecular flexibility index (Phi) is 8.20. The minimum atomic E-state index is -1.16. The molecular weight excluding hydrogens is 424 g/mol. The third kappa shape index (κ3) is 5.76. The van der Waals surface area contributed by atoms with Crippen LogP contribution in [0, 0.1) is 0 Å². The maximum atomic E-state index is 11.9. The van der Waals surface area contributed by atoms with Crippen molar-refractivity contribution in [3.05, 3.63) is 29.3 Å². The highest BCUT2D eigenvalue weighted by molar-refractivity contribution is 5.76. The van der Waals surface area contributed by atoms with E-state index in [2.05, 4.69) is 0 Å². The number of methoxy groups -OCH3 is 1. The lowest BCUT2D eigenvalue weighted by Crippen LogP contribution is -2.57. The largest absolute Gasteiger partial charge is 0.496 e. The second-order valence-corrected chi connectivity index (χ2v) is 7.55. The Labute approximate surface area is 185 Å². The first kappa shape index (κ1) is 25.1. The smallest absolute Gasteiger partial charge is 0.310 e. The number of carbonyl (C=O) groups is 4. The molecule has 0 radical (unpaired) electrons. The summed E-state index contributed by atoms with van der Waals surface area (Å²) in [6.45, 7) is 6.76.